The van der Waals surface area contributed by atoms with Crippen LogP contribution < -0.4 is 4.74 Å². The second-order valence-corrected chi connectivity index (χ2v) is 4.70. The second kappa shape index (κ2) is 5.98. The molecule has 0 radical (unpaired) electrons. The van der Waals surface area contributed by atoms with Crippen LogP contribution in [0.25, 0.3) is 0 Å². The van der Waals surface area contributed by atoms with Gasteiger partial charge in [-0.1, -0.05) is 24.3 Å². The Bertz CT molecular complexity index is 678. The van der Waals surface area contributed by atoms with Crippen LogP contribution in [0.4, 0.5) is 0 Å². The van der Waals surface area contributed by atoms with Crippen LogP contribution in [0.2, 0.25) is 0 Å². The Labute approximate surface area is 123 Å². The van der Waals surface area contributed by atoms with Crippen LogP contribution in [0.1, 0.15) is 11.1 Å². The summed E-state index contributed by atoms with van der Waals surface area (Å²) in [4.78, 5) is 0. The second-order valence-electron chi connectivity index (χ2n) is 4.70. The molecule has 2 aromatic carbocycles. The fourth-order valence-corrected chi connectivity index (χ4v) is 2.13. The molecular formula is C17H14N2O2. The molecule has 0 saturated carbocycles. The molecule has 4 nitrogen and oxygen atoms in total. The van der Waals surface area contributed by atoms with Crippen molar-refractivity contribution in [1.82, 2.24) is 0 Å². The number of rotatable bonds is 4. The average Bonchev–Trinajstić information content (AvgIpc) is 2.55. The van der Waals surface area contributed by atoms with E-state index >= 15 is 0 Å². The van der Waals surface area contributed by atoms with Crippen molar-refractivity contribution < 1.29 is 9.84 Å². The van der Waals surface area contributed by atoms with Crippen molar-refractivity contribution in [2.24, 2.45) is 0 Å². The van der Waals surface area contributed by atoms with E-state index in [0.29, 0.717) is 11.3 Å². The maximum Gasteiger partial charge on any atom is 0.172 e. The Kier molecular flexibility index (Phi) is 4.11. The summed E-state index contributed by atoms with van der Waals surface area (Å²) in [6.07, 6.45) is 0.257. The maximum absolute atomic E-state index is 9.52. The summed E-state index contributed by atoms with van der Waals surface area (Å²) in [5.74, 6) is 0.830. The molecule has 0 atom stereocenters. The van der Waals surface area contributed by atoms with Gasteiger partial charge < -0.3 is 9.84 Å². The first-order chi connectivity index (χ1) is 10.1. The number of phenolic OH excluding ortho intramolecular Hbond substituents is 1. The number of ether oxygens (including phenoxy) is 1. The Balaban J connectivity index is 2.38. The van der Waals surface area contributed by atoms with Gasteiger partial charge in [-0.15, -0.1) is 0 Å². The number of benzene rings is 2. The smallest absolute Gasteiger partial charge is 0.172 e. The molecule has 0 aliphatic rings. The van der Waals surface area contributed by atoms with E-state index in [9.17, 15) is 15.6 Å². The van der Waals surface area contributed by atoms with Gasteiger partial charge in [0.1, 0.15) is 11.5 Å². The van der Waals surface area contributed by atoms with E-state index in [4.69, 9.17) is 4.74 Å². The summed E-state index contributed by atoms with van der Waals surface area (Å²) in [6.45, 7) is 0. The van der Waals surface area contributed by atoms with Gasteiger partial charge in [0.2, 0.25) is 0 Å². The Morgan fingerprint density at radius 3 is 2.05 bits per heavy atom. The van der Waals surface area contributed by atoms with Crippen LogP contribution in [-0.2, 0) is 11.8 Å². The van der Waals surface area contributed by atoms with Gasteiger partial charge >= 0.3 is 0 Å². The van der Waals surface area contributed by atoms with Gasteiger partial charge in [-0.2, -0.15) is 10.5 Å². The lowest BCUT2D eigenvalue weighted by Gasteiger charge is -2.19. The van der Waals surface area contributed by atoms with E-state index in [1.165, 1.54) is 0 Å². The summed E-state index contributed by atoms with van der Waals surface area (Å²) in [5.41, 5.74) is 0.177. The zero-order valence-electron chi connectivity index (χ0n) is 11.6. The molecule has 0 aliphatic heterocycles. The van der Waals surface area contributed by atoms with Gasteiger partial charge in [0.05, 0.1) is 19.2 Å². The lowest BCUT2D eigenvalue weighted by atomic mass is 9.78. The summed E-state index contributed by atoms with van der Waals surface area (Å²) in [5, 5.41) is 28.3. The molecule has 0 aromatic heterocycles. The molecule has 4 heteroatoms. The third-order valence-electron chi connectivity index (χ3n) is 3.37. The van der Waals surface area contributed by atoms with Gasteiger partial charge in [-0.05, 0) is 35.4 Å². The summed E-state index contributed by atoms with van der Waals surface area (Å²) >= 11 is 0. The lowest BCUT2D eigenvalue weighted by molar-refractivity contribution is 0.414. The highest BCUT2D eigenvalue weighted by Crippen LogP contribution is 2.29. The molecule has 0 heterocycles. The maximum atomic E-state index is 9.52. The van der Waals surface area contributed by atoms with Crippen LogP contribution in [0.15, 0.2) is 48.5 Å². The molecule has 0 unspecified atom stereocenters. The first-order valence-corrected chi connectivity index (χ1v) is 6.38. The number of aromatic hydroxyl groups is 1. The Hall–Kier alpha value is -2.98. The predicted molar refractivity (Wildman–Crippen MR) is 77.7 cm³/mol. The number of hydrogen-bond donors (Lipinski definition) is 1. The Morgan fingerprint density at radius 1 is 1.00 bits per heavy atom. The number of nitriles is 2. The molecule has 0 amide bonds. The van der Waals surface area contributed by atoms with E-state index in [1.54, 1.807) is 55.6 Å². The summed E-state index contributed by atoms with van der Waals surface area (Å²) in [7, 11) is 1.56. The molecule has 0 fully saturated rings. The predicted octanol–water partition coefficient (Wildman–Crippen LogP) is 2.93. The van der Waals surface area contributed by atoms with E-state index in [0.717, 1.165) is 5.56 Å². The van der Waals surface area contributed by atoms with Crippen molar-refractivity contribution in [1.29, 1.82) is 10.5 Å². The number of hydrogen-bond acceptors (Lipinski definition) is 4. The largest absolute Gasteiger partial charge is 0.508 e. The standard InChI is InChI=1S/C17H14N2O2/c1-21-16-8-4-14(5-9-16)17(11-18,12-19)10-13-2-6-15(20)7-3-13/h2-9,20H,10H2,1H3. The van der Waals surface area contributed by atoms with Gasteiger partial charge in [-0.3, -0.25) is 0 Å². The molecule has 0 bridgehead atoms. The topological polar surface area (TPSA) is 77.0 Å². The van der Waals surface area contributed by atoms with Crippen molar-refractivity contribution in [3.8, 4) is 23.6 Å². The first kappa shape index (κ1) is 14.4. The zero-order chi connectivity index (χ0) is 15.3. The minimum Gasteiger partial charge on any atom is -0.508 e. The third-order valence-corrected chi connectivity index (χ3v) is 3.37. The van der Waals surface area contributed by atoms with E-state index in [-0.39, 0.29) is 12.2 Å². The van der Waals surface area contributed by atoms with Crippen LogP contribution >= 0.6 is 0 Å². The van der Waals surface area contributed by atoms with Gasteiger partial charge in [0.15, 0.2) is 5.41 Å². The molecule has 0 saturated heterocycles. The highest BCUT2D eigenvalue weighted by molar-refractivity contribution is 5.45. The molecular weight excluding hydrogens is 264 g/mol. The minimum atomic E-state index is -1.26. The minimum absolute atomic E-state index is 0.155. The van der Waals surface area contributed by atoms with Crippen LogP contribution in [0, 0.1) is 22.7 Å². The highest BCUT2D eigenvalue weighted by atomic mass is 16.5. The van der Waals surface area contributed by atoms with Crippen molar-refractivity contribution in [3.63, 3.8) is 0 Å². The number of phenols is 1. The van der Waals surface area contributed by atoms with E-state index in [1.807, 2.05) is 0 Å². The zero-order valence-corrected chi connectivity index (χ0v) is 11.6. The number of nitrogens with zero attached hydrogens (tertiary/aromatic N) is 2. The highest BCUT2D eigenvalue weighted by Gasteiger charge is 2.32. The third kappa shape index (κ3) is 2.96. The molecule has 2 rings (SSSR count). The normalized spacial score (nSPS) is 10.4. The Morgan fingerprint density at radius 2 is 1.57 bits per heavy atom. The van der Waals surface area contributed by atoms with Crippen LogP contribution in [0.5, 0.6) is 11.5 Å². The quantitative estimate of drug-likeness (QED) is 0.932. The number of methoxy groups -OCH3 is 1. The molecule has 104 valence electrons. The van der Waals surface area contributed by atoms with Crippen molar-refractivity contribution in [2.75, 3.05) is 7.11 Å². The summed E-state index contributed by atoms with van der Waals surface area (Å²) < 4.78 is 5.09. The van der Waals surface area contributed by atoms with Crippen molar-refractivity contribution >= 4 is 0 Å². The van der Waals surface area contributed by atoms with Crippen molar-refractivity contribution in [2.45, 2.75) is 11.8 Å². The van der Waals surface area contributed by atoms with Crippen LogP contribution in [-0.4, -0.2) is 12.2 Å². The van der Waals surface area contributed by atoms with Gasteiger partial charge in [0.25, 0.3) is 0 Å². The monoisotopic (exact) mass is 278 g/mol. The molecule has 0 aliphatic carbocycles. The van der Waals surface area contributed by atoms with Gasteiger partial charge in [-0.25, -0.2) is 0 Å². The molecule has 21 heavy (non-hydrogen) atoms. The van der Waals surface area contributed by atoms with E-state index < -0.39 is 5.41 Å². The summed E-state index contributed by atoms with van der Waals surface area (Å²) in [6, 6.07) is 17.7. The molecule has 2 aromatic rings. The van der Waals surface area contributed by atoms with Crippen LogP contribution in [0.3, 0.4) is 0 Å². The SMILES string of the molecule is COc1ccc(C(C#N)(C#N)Cc2ccc(O)cc2)cc1. The fraction of sp³-hybridized carbons (Fsp3) is 0.176. The van der Waals surface area contributed by atoms with Crippen molar-refractivity contribution in [3.05, 3.63) is 59.7 Å². The molecule has 0 spiro atoms. The first-order valence-electron chi connectivity index (χ1n) is 6.38. The molecule has 1 N–H and O–H groups in total. The average molecular weight is 278 g/mol. The fourth-order valence-electron chi connectivity index (χ4n) is 2.13. The lowest BCUT2D eigenvalue weighted by Crippen LogP contribution is -2.25. The van der Waals surface area contributed by atoms with E-state index in [2.05, 4.69) is 12.1 Å². The van der Waals surface area contributed by atoms with Gasteiger partial charge in [0, 0.05) is 6.42 Å².